The first kappa shape index (κ1) is 29.3. The molecular formula is C32H45N7O2. The maximum Gasteiger partial charge on any atom is 0.252 e. The summed E-state index contributed by atoms with van der Waals surface area (Å²) < 4.78 is 8.79. The van der Waals surface area contributed by atoms with E-state index in [0.29, 0.717) is 18.2 Å². The largest absolute Gasteiger partial charge is 0.381 e. The average Bonchev–Trinajstić information content (AvgIpc) is 3.43. The Kier molecular flexibility index (Phi) is 9.12. The number of pyridine rings is 1. The lowest BCUT2D eigenvalue weighted by Crippen LogP contribution is -2.58. The van der Waals surface area contributed by atoms with Crippen LogP contribution in [-0.2, 0) is 24.9 Å². The number of benzene rings is 1. The minimum absolute atomic E-state index is 0.0501. The van der Waals surface area contributed by atoms with Crippen LogP contribution in [0, 0.1) is 11.3 Å². The van der Waals surface area contributed by atoms with E-state index in [0.717, 1.165) is 75.1 Å². The molecule has 2 fully saturated rings. The van der Waals surface area contributed by atoms with E-state index < -0.39 is 0 Å². The number of hydrogen-bond acceptors (Lipinski definition) is 7. The van der Waals surface area contributed by atoms with Gasteiger partial charge in [-0.2, -0.15) is 10.4 Å². The Morgan fingerprint density at radius 3 is 2.44 bits per heavy atom. The fraction of sp³-hybridized carbons (Fsp3) is 0.594. The third-order valence-electron chi connectivity index (χ3n) is 9.39. The molecule has 1 aromatic carbocycles. The molecule has 0 amide bonds. The van der Waals surface area contributed by atoms with Gasteiger partial charge >= 0.3 is 0 Å². The minimum Gasteiger partial charge on any atom is -0.381 e. The number of methoxy groups -OCH3 is 1. The minimum atomic E-state index is -0.0501. The molecular weight excluding hydrogens is 514 g/mol. The van der Waals surface area contributed by atoms with Crippen LogP contribution in [-0.4, -0.2) is 75.6 Å². The van der Waals surface area contributed by atoms with E-state index in [1.165, 1.54) is 11.1 Å². The predicted octanol–water partition coefficient (Wildman–Crippen LogP) is 4.31. The first-order valence-corrected chi connectivity index (χ1v) is 15.2. The molecule has 2 aliphatic rings. The van der Waals surface area contributed by atoms with Crippen LogP contribution in [0.2, 0.25) is 0 Å². The zero-order valence-corrected chi connectivity index (χ0v) is 25.3. The van der Waals surface area contributed by atoms with Gasteiger partial charge in [0, 0.05) is 71.1 Å². The Balaban J connectivity index is 1.34. The van der Waals surface area contributed by atoms with E-state index in [4.69, 9.17) is 9.84 Å². The lowest BCUT2D eigenvalue weighted by Gasteiger charge is -2.49. The maximum absolute atomic E-state index is 13.0. The number of likely N-dealkylation sites (tertiary alicyclic amines) is 1. The normalized spacial score (nSPS) is 21.8. The van der Waals surface area contributed by atoms with Crippen molar-refractivity contribution in [1.82, 2.24) is 24.1 Å². The first-order chi connectivity index (χ1) is 19.9. The number of nitrogens with zero attached hydrogens (tertiary/aromatic N) is 7. The van der Waals surface area contributed by atoms with Gasteiger partial charge in [-0.15, -0.1) is 0 Å². The summed E-state index contributed by atoms with van der Waals surface area (Å²) in [6, 6.07) is 14.0. The SMILES string of the molecule is CC[C@H]1CN([C@@H](C)c2ccc(CN3CCC(OC)CC3)cc2)[C@H](CC)CN1c1cc(=O)n(C)c2cn(CC#N)nc12. The second-order valence-corrected chi connectivity index (χ2v) is 11.7. The Hall–Kier alpha value is -3.19. The molecule has 2 aromatic heterocycles. The molecule has 0 unspecified atom stereocenters. The molecule has 2 aliphatic heterocycles. The van der Waals surface area contributed by atoms with Gasteiger partial charge in [0.05, 0.1) is 29.6 Å². The number of aryl methyl sites for hydroxylation is 1. The zero-order chi connectivity index (χ0) is 29.1. The second kappa shape index (κ2) is 12.8. The number of nitriles is 1. The van der Waals surface area contributed by atoms with Gasteiger partial charge < -0.3 is 14.2 Å². The second-order valence-electron chi connectivity index (χ2n) is 11.7. The van der Waals surface area contributed by atoms with Crippen molar-refractivity contribution in [2.24, 2.45) is 7.05 Å². The van der Waals surface area contributed by atoms with E-state index in [-0.39, 0.29) is 18.1 Å². The Bertz CT molecular complexity index is 1410. The zero-order valence-electron chi connectivity index (χ0n) is 25.3. The number of fused-ring (bicyclic) bond motifs is 1. The number of aromatic nitrogens is 3. The highest BCUT2D eigenvalue weighted by molar-refractivity contribution is 5.88. The quantitative estimate of drug-likeness (QED) is 0.386. The molecule has 5 rings (SSSR count). The standard InChI is InChI=1S/C32H45N7O2/c1-6-26-21-39(29-18-31(40)35(4)30-22-37(17-14-33)34-32(29)30)27(7-2)20-38(26)23(3)25-10-8-24(9-11-25)19-36-15-12-28(41-5)13-16-36/h8-11,18,22-23,26-28H,6-7,12-13,15-17,19-21H2,1-5H3/t23-,26+,27-/m0/s1. The van der Waals surface area contributed by atoms with Crippen molar-refractivity contribution in [3.63, 3.8) is 0 Å². The van der Waals surface area contributed by atoms with E-state index in [2.05, 4.69) is 65.8 Å². The van der Waals surface area contributed by atoms with Gasteiger partial charge in [0.15, 0.2) is 0 Å². The third-order valence-corrected chi connectivity index (χ3v) is 9.39. The summed E-state index contributed by atoms with van der Waals surface area (Å²) in [6.45, 7) is 11.9. The van der Waals surface area contributed by atoms with E-state index in [9.17, 15) is 10.1 Å². The summed E-state index contributed by atoms with van der Waals surface area (Å²) in [5.41, 5.74) is 5.11. The third kappa shape index (κ3) is 6.06. The molecule has 9 heteroatoms. The number of ether oxygens (including phenoxy) is 1. The summed E-state index contributed by atoms with van der Waals surface area (Å²) in [7, 11) is 3.59. The monoisotopic (exact) mass is 559 g/mol. The Morgan fingerprint density at radius 2 is 1.80 bits per heavy atom. The van der Waals surface area contributed by atoms with Gasteiger partial charge in [0.2, 0.25) is 0 Å². The first-order valence-electron chi connectivity index (χ1n) is 15.2. The van der Waals surface area contributed by atoms with E-state index in [1.54, 1.807) is 22.4 Å². The molecule has 3 aromatic rings. The molecule has 0 N–H and O–H groups in total. The van der Waals surface area contributed by atoms with Gasteiger partial charge in [-0.25, -0.2) is 0 Å². The Labute approximate surface area is 243 Å². The van der Waals surface area contributed by atoms with Crippen molar-refractivity contribution in [2.75, 3.05) is 38.2 Å². The molecule has 0 radical (unpaired) electrons. The van der Waals surface area contributed by atoms with Crippen LogP contribution >= 0.6 is 0 Å². The lowest BCUT2D eigenvalue weighted by molar-refractivity contribution is 0.0388. The number of hydrogen-bond donors (Lipinski definition) is 0. The highest BCUT2D eigenvalue weighted by Crippen LogP contribution is 2.34. The van der Waals surface area contributed by atoms with Crippen molar-refractivity contribution in [3.8, 4) is 6.07 Å². The Morgan fingerprint density at radius 1 is 1.10 bits per heavy atom. The maximum atomic E-state index is 13.0. The fourth-order valence-electron chi connectivity index (χ4n) is 6.72. The predicted molar refractivity (Wildman–Crippen MR) is 163 cm³/mol. The van der Waals surface area contributed by atoms with Crippen LogP contribution in [0.25, 0.3) is 11.0 Å². The van der Waals surface area contributed by atoms with Gasteiger partial charge in [-0.05, 0) is 43.7 Å². The summed E-state index contributed by atoms with van der Waals surface area (Å²) in [5.74, 6) is 0. The number of anilines is 1. The lowest BCUT2D eigenvalue weighted by atomic mass is 9.96. The van der Waals surface area contributed by atoms with Crippen molar-refractivity contribution < 1.29 is 4.74 Å². The molecule has 220 valence electrons. The molecule has 0 spiro atoms. The van der Waals surface area contributed by atoms with E-state index >= 15 is 0 Å². The van der Waals surface area contributed by atoms with E-state index in [1.807, 2.05) is 13.3 Å². The average molecular weight is 560 g/mol. The van der Waals surface area contributed by atoms with Crippen LogP contribution in [0.4, 0.5) is 5.69 Å². The summed E-state index contributed by atoms with van der Waals surface area (Å²) in [6.07, 6.45) is 6.43. The highest BCUT2D eigenvalue weighted by Gasteiger charge is 2.36. The molecule has 2 saturated heterocycles. The van der Waals surface area contributed by atoms with Gasteiger partial charge in [0.1, 0.15) is 12.1 Å². The van der Waals surface area contributed by atoms with Crippen LogP contribution < -0.4 is 10.5 Å². The van der Waals surface area contributed by atoms with Crippen LogP contribution in [0.1, 0.15) is 63.6 Å². The van der Waals surface area contributed by atoms with Crippen LogP contribution in [0.5, 0.6) is 0 Å². The van der Waals surface area contributed by atoms with Gasteiger partial charge in [0.25, 0.3) is 5.56 Å². The topological polar surface area (TPSA) is 82.6 Å². The summed E-state index contributed by atoms with van der Waals surface area (Å²) >= 11 is 0. The molecule has 41 heavy (non-hydrogen) atoms. The van der Waals surface area contributed by atoms with Crippen molar-refractivity contribution in [1.29, 1.82) is 5.26 Å². The number of piperazine rings is 1. The van der Waals surface area contributed by atoms with Crippen LogP contribution in [0.15, 0.2) is 41.3 Å². The van der Waals surface area contributed by atoms with Crippen LogP contribution in [0.3, 0.4) is 0 Å². The number of piperidine rings is 1. The molecule has 9 nitrogen and oxygen atoms in total. The van der Waals surface area contributed by atoms with Gasteiger partial charge in [-0.1, -0.05) is 38.1 Å². The fourth-order valence-corrected chi connectivity index (χ4v) is 6.72. The molecule has 0 saturated carbocycles. The molecule has 0 bridgehead atoms. The van der Waals surface area contributed by atoms with Crippen molar-refractivity contribution >= 4 is 16.7 Å². The number of rotatable bonds is 9. The smallest absolute Gasteiger partial charge is 0.252 e. The van der Waals surface area contributed by atoms with Crippen molar-refractivity contribution in [2.45, 2.75) is 83.8 Å². The summed E-state index contributed by atoms with van der Waals surface area (Å²) in [4.78, 5) is 20.6. The van der Waals surface area contributed by atoms with Gasteiger partial charge in [-0.3, -0.25) is 19.3 Å². The summed E-state index contributed by atoms with van der Waals surface area (Å²) in [5, 5.41) is 13.9. The highest BCUT2D eigenvalue weighted by atomic mass is 16.5. The molecule has 3 atom stereocenters. The van der Waals surface area contributed by atoms with Crippen molar-refractivity contribution in [3.05, 3.63) is 58.0 Å². The molecule has 4 heterocycles. The molecule has 0 aliphatic carbocycles.